The van der Waals surface area contributed by atoms with Crippen LogP contribution in [-0.4, -0.2) is 6.54 Å². The summed E-state index contributed by atoms with van der Waals surface area (Å²) >= 11 is 0. The van der Waals surface area contributed by atoms with E-state index in [1.807, 2.05) is 0 Å². The fourth-order valence-electron chi connectivity index (χ4n) is 7.78. The van der Waals surface area contributed by atoms with Crippen LogP contribution in [-0.2, 0) is 0 Å². The van der Waals surface area contributed by atoms with Crippen molar-refractivity contribution in [2.24, 2.45) is 0 Å². The quantitative estimate of drug-likeness (QED) is 0.214. The van der Waals surface area contributed by atoms with Gasteiger partial charge < -0.3 is 20.4 Å². The zero-order valence-electron chi connectivity index (χ0n) is 24.5. The van der Waals surface area contributed by atoms with Crippen molar-refractivity contribution in [2.75, 3.05) is 11.9 Å². The van der Waals surface area contributed by atoms with Crippen molar-refractivity contribution >= 4 is 49.5 Å². The van der Waals surface area contributed by atoms with Gasteiger partial charge in [0.2, 0.25) is 0 Å². The van der Waals surface area contributed by atoms with E-state index < -0.39 is 0 Å². The van der Waals surface area contributed by atoms with Crippen molar-refractivity contribution in [3.05, 3.63) is 167 Å². The van der Waals surface area contributed by atoms with Gasteiger partial charge >= 0.3 is 0 Å². The number of nitrogens with two attached hydrogens (primary N) is 1. The van der Waals surface area contributed by atoms with Gasteiger partial charge in [-0.3, -0.25) is 0 Å². The molecule has 4 heteroatoms. The Morgan fingerprint density at radius 3 is 2.40 bits per heavy atom. The number of fused-ring (bicyclic) bond motifs is 9. The normalized spacial score (nSPS) is 18.4. The average Bonchev–Trinajstić information content (AvgIpc) is 3.43. The largest absolute Gasteiger partial charge is 0.628 e. The Kier molecular flexibility index (Phi) is 5.29. The lowest BCUT2D eigenvalue weighted by atomic mass is 9.90. The summed E-state index contributed by atoms with van der Waals surface area (Å²) in [6, 6.07) is 43.5. The Hall–Kier alpha value is -5.42. The molecule has 10 rings (SSSR count). The Morgan fingerprint density at radius 2 is 1.47 bits per heavy atom. The molecule has 0 radical (unpaired) electrons. The first-order valence-electron chi connectivity index (χ1n) is 15.7. The Bertz CT molecular complexity index is 2400. The molecule has 2 atom stereocenters. The van der Waals surface area contributed by atoms with Crippen LogP contribution in [0.15, 0.2) is 138 Å². The molecule has 0 bridgehead atoms. The first kappa shape index (κ1) is 25.0. The van der Waals surface area contributed by atoms with Gasteiger partial charge in [-0.15, -0.1) is 0 Å². The van der Waals surface area contributed by atoms with Crippen molar-refractivity contribution in [2.45, 2.75) is 12.2 Å². The molecule has 7 aromatic rings. The fourth-order valence-corrected chi connectivity index (χ4v) is 7.78. The minimum atomic E-state index is -0.189. The number of furan rings is 1. The van der Waals surface area contributed by atoms with Crippen molar-refractivity contribution in [3.8, 4) is 11.1 Å². The molecule has 0 amide bonds. The molecule has 6 aromatic carbocycles. The summed E-state index contributed by atoms with van der Waals surface area (Å²) in [7, 11) is 0. The van der Waals surface area contributed by atoms with Crippen LogP contribution in [0.4, 0.5) is 5.69 Å². The van der Waals surface area contributed by atoms with Crippen LogP contribution in [0.2, 0.25) is 0 Å². The van der Waals surface area contributed by atoms with Crippen molar-refractivity contribution in [1.82, 2.24) is 0 Å². The van der Waals surface area contributed by atoms with Crippen molar-refractivity contribution in [1.29, 1.82) is 0 Å². The summed E-state index contributed by atoms with van der Waals surface area (Å²) in [6.07, 6.45) is 4.29. The second-order valence-electron chi connectivity index (χ2n) is 12.2. The van der Waals surface area contributed by atoms with Gasteiger partial charge in [0.05, 0.1) is 6.20 Å². The van der Waals surface area contributed by atoms with Crippen LogP contribution < -0.4 is 10.6 Å². The van der Waals surface area contributed by atoms with E-state index in [9.17, 15) is 0 Å². The average molecular weight is 580 g/mol. The third kappa shape index (κ3) is 3.67. The number of nitrogens with zero attached hydrogens (tertiary/aromatic N) is 1. The van der Waals surface area contributed by atoms with Gasteiger partial charge in [-0.2, -0.15) is 0 Å². The van der Waals surface area contributed by atoms with Crippen LogP contribution in [0, 0.1) is 0 Å². The van der Waals surface area contributed by atoms with Gasteiger partial charge in [-0.1, -0.05) is 109 Å². The molecule has 3 heterocycles. The molecule has 0 saturated carbocycles. The first-order valence-corrected chi connectivity index (χ1v) is 15.7. The smallest absolute Gasteiger partial charge is 0.136 e. The van der Waals surface area contributed by atoms with Gasteiger partial charge in [0.25, 0.3) is 0 Å². The molecule has 45 heavy (non-hydrogen) atoms. The minimum absolute atomic E-state index is 0.0404. The summed E-state index contributed by atoms with van der Waals surface area (Å²) in [5, 5.41) is 16.2. The first-order chi connectivity index (χ1) is 22.3. The zero-order chi connectivity index (χ0) is 29.5. The molecule has 214 valence electrons. The van der Waals surface area contributed by atoms with Crippen LogP contribution >= 0.6 is 0 Å². The standard InChI is InChI=1S/C41H28N3O/c1-2-9-24(10-3-1)40-30-13-6-7-16-35(30)43-41(44-40)25-17-18-36-33(21-25)39-31-15-8-14-29-28-19-20-42-23-34(28)27-12-5-4-11-26(27)32(38(29)31)22-37(39)45-36/h1-22,40-43H,23H2/q-1/p+1. The van der Waals surface area contributed by atoms with E-state index >= 15 is 0 Å². The molecule has 3 aliphatic rings. The van der Waals surface area contributed by atoms with E-state index in [4.69, 9.17) is 9.73 Å². The van der Waals surface area contributed by atoms with E-state index in [1.165, 1.54) is 55.3 Å². The summed E-state index contributed by atoms with van der Waals surface area (Å²) < 4.78 is 6.65. The third-order valence-electron chi connectivity index (χ3n) is 9.77. The van der Waals surface area contributed by atoms with Gasteiger partial charge in [-0.25, -0.2) is 0 Å². The highest BCUT2D eigenvalue weighted by Crippen LogP contribution is 2.49. The van der Waals surface area contributed by atoms with Gasteiger partial charge in [-0.05, 0) is 86.2 Å². The summed E-state index contributed by atoms with van der Waals surface area (Å²) in [4.78, 5) is 0. The Labute approximate surface area is 260 Å². The monoisotopic (exact) mass is 579 g/mol. The van der Waals surface area contributed by atoms with Gasteiger partial charge in [0.15, 0.2) is 0 Å². The summed E-state index contributed by atoms with van der Waals surface area (Å²) in [5.74, 6) is 0. The topological polar surface area (TPSA) is 55.9 Å². The van der Waals surface area contributed by atoms with E-state index in [0.29, 0.717) is 0 Å². The highest BCUT2D eigenvalue weighted by molar-refractivity contribution is 6.26. The SMILES string of the molecule is C1=CC2=C(C[NH2+]1)c1ccccc1-c1cc3oc4ccc(C5[N-]C(c6ccccc6)c6ccccc6N5)cc4c3c3cccc2c13. The molecule has 4 nitrogen and oxygen atoms in total. The van der Waals surface area contributed by atoms with E-state index in [-0.39, 0.29) is 12.2 Å². The maximum atomic E-state index is 6.65. The predicted octanol–water partition coefficient (Wildman–Crippen LogP) is 9.31. The fraction of sp³-hybridized carbons (Fsp3) is 0.0732. The number of hydrogen-bond acceptors (Lipinski definition) is 2. The maximum Gasteiger partial charge on any atom is 0.136 e. The van der Waals surface area contributed by atoms with E-state index in [2.05, 4.69) is 144 Å². The summed E-state index contributed by atoms with van der Waals surface area (Å²) in [5.41, 5.74) is 14.3. The molecule has 0 spiro atoms. The molecule has 2 unspecified atom stereocenters. The van der Waals surface area contributed by atoms with Crippen molar-refractivity contribution in [3.63, 3.8) is 0 Å². The third-order valence-corrected chi connectivity index (χ3v) is 9.77. The maximum absolute atomic E-state index is 6.65. The Balaban J connectivity index is 1.19. The molecule has 3 N–H and O–H groups in total. The molecular weight excluding hydrogens is 550 g/mol. The van der Waals surface area contributed by atoms with Crippen LogP contribution in [0.25, 0.3) is 60.3 Å². The number of hydrogen-bond donors (Lipinski definition) is 2. The Morgan fingerprint density at radius 1 is 0.644 bits per heavy atom. The highest BCUT2D eigenvalue weighted by Gasteiger charge is 2.27. The zero-order valence-corrected chi connectivity index (χ0v) is 24.5. The van der Waals surface area contributed by atoms with Crippen LogP contribution in [0.1, 0.15) is 40.0 Å². The predicted molar refractivity (Wildman–Crippen MR) is 184 cm³/mol. The van der Waals surface area contributed by atoms with Crippen LogP contribution in [0.3, 0.4) is 0 Å². The van der Waals surface area contributed by atoms with E-state index in [0.717, 1.165) is 39.7 Å². The minimum Gasteiger partial charge on any atom is -0.628 e. The molecule has 1 aromatic heterocycles. The lowest BCUT2D eigenvalue weighted by Gasteiger charge is -2.47. The molecule has 1 aliphatic carbocycles. The lowest BCUT2D eigenvalue weighted by molar-refractivity contribution is -0.575. The number of rotatable bonds is 2. The lowest BCUT2D eigenvalue weighted by Crippen LogP contribution is -2.79. The molecule has 0 fully saturated rings. The second kappa shape index (κ2) is 9.54. The molecule has 2 aliphatic heterocycles. The number of anilines is 1. The number of quaternary nitrogens is 1. The van der Waals surface area contributed by atoms with E-state index in [1.54, 1.807) is 0 Å². The van der Waals surface area contributed by atoms with Gasteiger partial charge in [0.1, 0.15) is 17.7 Å². The van der Waals surface area contributed by atoms with Crippen molar-refractivity contribution < 1.29 is 9.73 Å². The number of para-hydroxylation sites is 1. The van der Waals surface area contributed by atoms with Gasteiger partial charge in [0, 0.05) is 22.0 Å². The second-order valence-corrected chi connectivity index (χ2v) is 12.2. The number of nitrogens with one attached hydrogen (secondary N) is 1. The van der Waals surface area contributed by atoms with Crippen LogP contribution in [0.5, 0.6) is 0 Å². The number of benzene rings is 6. The highest BCUT2D eigenvalue weighted by atomic mass is 16.3. The molecule has 0 saturated heterocycles. The molecular formula is C41H29N3O. The summed E-state index contributed by atoms with van der Waals surface area (Å²) in [6.45, 7) is 0.931. The number of allylic oxidation sites excluding steroid dienone is 2.